The van der Waals surface area contributed by atoms with Gasteiger partial charge in [-0.15, -0.1) is 0 Å². The van der Waals surface area contributed by atoms with Gasteiger partial charge in [0, 0.05) is 0 Å². The Hall–Kier alpha value is -2.59. The van der Waals surface area contributed by atoms with Gasteiger partial charge in [-0.25, -0.2) is 18.4 Å². The molecular formula is C16H14F3NO5S. The first-order valence-corrected chi connectivity index (χ1v) is 8.72. The van der Waals surface area contributed by atoms with Crippen LogP contribution in [-0.4, -0.2) is 27.6 Å². The molecule has 2 aromatic rings. The molecule has 0 bridgehead atoms. The van der Waals surface area contributed by atoms with E-state index in [1.54, 1.807) is 0 Å². The van der Waals surface area contributed by atoms with E-state index in [4.69, 9.17) is 14.6 Å². The number of esters is 1. The lowest BCUT2D eigenvalue weighted by Gasteiger charge is -2.09. The molecule has 10 heteroatoms. The molecule has 0 saturated heterocycles. The summed E-state index contributed by atoms with van der Waals surface area (Å²) in [6.45, 7) is -0.169. The van der Waals surface area contributed by atoms with Crippen LogP contribution in [0.15, 0.2) is 53.4 Å². The van der Waals surface area contributed by atoms with Crippen LogP contribution in [0.2, 0.25) is 0 Å². The highest BCUT2D eigenvalue weighted by molar-refractivity contribution is 7.89. The summed E-state index contributed by atoms with van der Waals surface area (Å²) in [7, 11) is -3.79. The molecule has 0 saturated carbocycles. The van der Waals surface area contributed by atoms with Crippen molar-refractivity contribution in [3.05, 3.63) is 59.7 Å². The summed E-state index contributed by atoms with van der Waals surface area (Å²) >= 11 is 0. The van der Waals surface area contributed by atoms with Gasteiger partial charge in [0.2, 0.25) is 10.0 Å². The van der Waals surface area contributed by atoms with E-state index in [0.29, 0.717) is 5.75 Å². The van der Waals surface area contributed by atoms with Crippen LogP contribution in [0.1, 0.15) is 15.9 Å². The van der Waals surface area contributed by atoms with E-state index in [-0.39, 0.29) is 23.7 Å². The van der Waals surface area contributed by atoms with E-state index >= 15 is 0 Å². The third kappa shape index (κ3) is 5.46. The molecule has 0 spiro atoms. The van der Waals surface area contributed by atoms with Gasteiger partial charge in [-0.05, 0) is 48.5 Å². The number of nitrogens with two attached hydrogens (primary N) is 1. The third-order valence-electron chi connectivity index (χ3n) is 3.19. The fraction of sp³-hybridized carbons (Fsp3) is 0.188. The molecule has 0 amide bonds. The highest BCUT2D eigenvalue weighted by Gasteiger charge is 2.30. The highest BCUT2D eigenvalue weighted by Crippen LogP contribution is 2.29. The number of carbonyl (C=O) groups is 1. The summed E-state index contributed by atoms with van der Waals surface area (Å²) in [5.74, 6) is -0.449. The fourth-order valence-corrected chi connectivity index (χ4v) is 2.41. The average molecular weight is 389 g/mol. The van der Waals surface area contributed by atoms with Crippen LogP contribution >= 0.6 is 0 Å². The monoisotopic (exact) mass is 389 g/mol. The number of halogens is 3. The molecule has 26 heavy (non-hydrogen) atoms. The molecular weight excluding hydrogens is 375 g/mol. The summed E-state index contributed by atoms with van der Waals surface area (Å²) in [6, 6.07) is 8.93. The second-order valence-corrected chi connectivity index (χ2v) is 6.64. The smallest absolute Gasteiger partial charge is 0.416 e. The van der Waals surface area contributed by atoms with Gasteiger partial charge in [0.05, 0.1) is 16.0 Å². The summed E-state index contributed by atoms with van der Waals surface area (Å²) in [4.78, 5) is 11.7. The van der Waals surface area contributed by atoms with Gasteiger partial charge in [0.15, 0.2) is 0 Å². The standard InChI is InChI=1S/C16H14F3NO5S/c17-16(18,19)12-3-1-11(2-4-12)15(21)25-10-9-24-13-5-7-14(8-6-13)26(20,22)23/h1-8H,9-10H2,(H2,20,22,23). The van der Waals surface area contributed by atoms with Crippen LogP contribution in [0.3, 0.4) is 0 Å². The molecule has 0 aromatic heterocycles. The zero-order chi connectivity index (χ0) is 19.4. The average Bonchev–Trinajstić information content (AvgIpc) is 2.57. The Labute approximate surface area is 147 Å². The van der Waals surface area contributed by atoms with Gasteiger partial charge in [-0.3, -0.25) is 0 Å². The molecule has 0 radical (unpaired) electrons. The second kappa shape index (κ2) is 7.75. The van der Waals surface area contributed by atoms with E-state index in [9.17, 15) is 26.4 Å². The highest BCUT2D eigenvalue weighted by atomic mass is 32.2. The minimum absolute atomic E-state index is 0.0181. The number of primary sulfonamides is 1. The Morgan fingerprint density at radius 2 is 1.54 bits per heavy atom. The lowest BCUT2D eigenvalue weighted by atomic mass is 10.1. The fourth-order valence-electron chi connectivity index (χ4n) is 1.90. The summed E-state index contributed by atoms with van der Waals surface area (Å²) in [5, 5.41) is 4.96. The molecule has 140 valence electrons. The number of rotatable bonds is 6. The number of benzene rings is 2. The Kier molecular flexibility index (Phi) is 5.88. The summed E-state index contributed by atoms with van der Waals surface area (Å²) in [6.07, 6.45) is -4.48. The van der Waals surface area contributed by atoms with Crippen molar-refractivity contribution >= 4 is 16.0 Å². The van der Waals surface area contributed by atoms with Gasteiger partial charge in [0.1, 0.15) is 19.0 Å². The molecule has 0 fully saturated rings. The lowest BCUT2D eigenvalue weighted by molar-refractivity contribution is -0.137. The predicted octanol–water partition coefficient (Wildman–Crippen LogP) is 2.59. The minimum atomic E-state index is -4.48. The van der Waals surface area contributed by atoms with Crippen LogP contribution in [0.25, 0.3) is 0 Å². The van der Waals surface area contributed by atoms with Gasteiger partial charge in [-0.1, -0.05) is 0 Å². The molecule has 2 aromatic carbocycles. The van der Waals surface area contributed by atoms with Crippen molar-refractivity contribution in [3.8, 4) is 5.75 Å². The maximum atomic E-state index is 12.4. The Morgan fingerprint density at radius 1 is 0.962 bits per heavy atom. The molecule has 0 unspecified atom stereocenters. The number of carbonyl (C=O) groups excluding carboxylic acids is 1. The maximum absolute atomic E-state index is 12.4. The van der Waals surface area contributed by atoms with E-state index in [1.807, 2.05) is 0 Å². The van der Waals surface area contributed by atoms with Crippen molar-refractivity contribution in [2.24, 2.45) is 5.14 Å². The van der Waals surface area contributed by atoms with E-state index in [0.717, 1.165) is 24.3 Å². The van der Waals surface area contributed by atoms with E-state index in [2.05, 4.69) is 0 Å². The summed E-state index contributed by atoms with van der Waals surface area (Å²) in [5.41, 5.74) is -0.879. The first kappa shape index (κ1) is 19.7. The Morgan fingerprint density at radius 3 is 2.04 bits per heavy atom. The molecule has 0 aliphatic carbocycles. The Balaban J connectivity index is 1.81. The topological polar surface area (TPSA) is 95.7 Å². The second-order valence-electron chi connectivity index (χ2n) is 5.08. The first-order chi connectivity index (χ1) is 12.1. The zero-order valence-corrected chi connectivity index (χ0v) is 14.0. The summed E-state index contributed by atoms with van der Waals surface area (Å²) < 4.78 is 69.7. The van der Waals surface area contributed by atoms with Crippen LogP contribution in [0.4, 0.5) is 13.2 Å². The maximum Gasteiger partial charge on any atom is 0.416 e. The van der Waals surface area contributed by atoms with Crippen molar-refractivity contribution in [1.82, 2.24) is 0 Å². The van der Waals surface area contributed by atoms with Gasteiger partial charge >= 0.3 is 12.1 Å². The number of hydrogen-bond acceptors (Lipinski definition) is 5. The molecule has 0 atom stereocenters. The minimum Gasteiger partial charge on any atom is -0.490 e. The van der Waals surface area contributed by atoms with Gasteiger partial charge in [0.25, 0.3) is 0 Å². The largest absolute Gasteiger partial charge is 0.490 e. The quantitative estimate of drug-likeness (QED) is 0.605. The van der Waals surface area contributed by atoms with Gasteiger partial charge < -0.3 is 9.47 Å². The number of alkyl halides is 3. The van der Waals surface area contributed by atoms with Gasteiger partial charge in [-0.2, -0.15) is 13.2 Å². The predicted molar refractivity (Wildman–Crippen MR) is 85.0 cm³/mol. The van der Waals surface area contributed by atoms with Crippen molar-refractivity contribution in [3.63, 3.8) is 0 Å². The van der Waals surface area contributed by atoms with E-state index in [1.165, 1.54) is 24.3 Å². The van der Waals surface area contributed by atoms with Crippen LogP contribution in [0.5, 0.6) is 5.75 Å². The molecule has 0 aliphatic rings. The molecule has 0 aliphatic heterocycles. The van der Waals surface area contributed by atoms with Crippen LogP contribution < -0.4 is 9.88 Å². The zero-order valence-electron chi connectivity index (χ0n) is 13.2. The van der Waals surface area contributed by atoms with E-state index < -0.39 is 27.7 Å². The number of hydrogen-bond donors (Lipinski definition) is 1. The molecule has 2 rings (SSSR count). The first-order valence-electron chi connectivity index (χ1n) is 7.17. The number of ether oxygens (including phenoxy) is 2. The van der Waals surface area contributed by atoms with Crippen molar-refractivity contribution < 1.29 is 35.9 Å². The normalized spacial score (nSPS) is 11.8. The van der Waals surface area contributed by atoms with Crippen molar-refractivity contribution in [2.45, 2.75) is 11.1 Å². The van der Waals surface area contributed by atoms with Crippen LogP contribution in [0, 0.1) is 0 Å². The SMILES string of the molecule is NS(=O)(=O)c1ccc(OCCOC(=O)c2ccc(C(F)(F)F)cc2)cc1. The molecule has 6 nitrogen and oxygen atoms in total. The molecule has 2 N–H and O–H groups in total. The van der Waals surface area contributed by atoms with Crippen LogP contribution in [-0.2, 0) is 20.9 Å². The van der Waals surface area contributed by atoms with Crippen molar-refractivity contribution in [1.29, 1.82) is 0 Å². The van der Waals surface area contributed by atoms with Crippen molar-refractivity contribution in [2.75, 3.05) is 13.2 Å². The number of sulfonamides is 1. The third-order valence-corrected chi connectivity index (χ3v) is 4.11. The Bertz CT molecular complexity index is 862. The molecule has 0 heterocycles. The lowest BCUT2D eigenvalue weighted by Crippen LogP contribution is -2.13.